The molecule has 1 saturated heterocycles. The van der Waals surface area contributed by atoms with E-state index in [0.717, 1.165) is 11.3 Å². The van der Waals surface area contributed by atoms with Crippen molar-refractivity contribution in [1.29, 1.82) is 0 Å². The molecule has 0 aromatic heterocycles. The van der Waals surface area contributed by atoms with Crippen LogP contribution in [0.4, 0.5) is 4.79 Å². The molecule has 1 aliphatic carbocycles. The van der Waals surface area contributed by atoms with Gasteiger partial charge in [0.15, 0.2) is 0 Å². The van der Waals surface area contributed by atoms with Crippen LogP contribution in [-0.4, -0.2) is 46.7 Å². The molecule has 1 aromatic carbocycles. The van der Waals surface area contributed by atoms with Gasteiger partial charge in [-0.2, -0.15) is 0 Å². The van der Waals surface area contributed by atoms with Crippen molar-refractivity contribution >= 4 is 11.9 Å². The van der Waals surface area contributed by atoms with Gasteiger partial charge in [-0.05, 0) is 53.7 Å². The third-order valence-corrected chi connectivity index (χ3v) is 6.18. The first-order valence-electron chi connectivity index (χ1n) is 10.9. The summed E-state index contributed by atoms with van der Waals surface area (Å²) in [5.74, 6) is 0.779. The van der Waals surface area contributed by atoms with Gasteiger partial charge >= 0.3 is 6.03 Å². The number of hydrogen-bond donors (Lipinski definition) is 2. The number of nitrogens with one attached hydrogen (secondary N) is 1. The monoisotopic (exact) mass is 416 g/mol. The zero-order chi connectivity index (χ0) is 22.3. The minimum Gasteiger partial charge on any atom is -0.491 e. The van der Waals surface area contributed by atoms with Gasteiger partial charge in [0.25, 0.3) is 5.91 Å². The Bertz CT molecular complexity index is 796. The molecule has 0 bridgehead atoms. The number of carbonyl (C=O) groups excluding carboxylic acids is 2. The number of ether oxygens (including phenoxy) is 1. The molecule has 1 heterocycles. The van der Waals surface area contributed by atoms with Crippen LogP contribution in [-0.2, 0) is 10.2 Å². The van der Waals surface area contributed by atoms with Crippen LogP contribution in [0.15, 0.2) is 24.3 Å². The highest BCUT2D eigenvalue weighted by molar-refractivity contribution is 6.07. The minimum absolute atomic E-state index is 0.0147. The molecule has 2 fully saturated rings. The highest BCUT2D eigenvalue weighted by Gasteiger charge is 2.56. The zero-order valence-electron chi connectivity index (χ0n) is 19.1. The molecular formula is C24H36N2O4. The van der Waals surface area contributed by atoms with Crippen molar-refractivity contribution in [3.63, 3.8) is 0 Å². The molecule has 1 saturated carbocycles. The SMILES string of the molecule is CC1CC(C)(C)CC2(C1)NC(=O)N(CC(O)COc1ccc(C(C)(C)C)cc1)C2=O. The number of imide groups is 1. The van der Waals surface area contributed by atoms with E-state index in [1.165, 1.54) is 5.56 Å². The minimum atomic E-state index is -0.953. The van der Waals surface area contributed by atoms with Crippen LogP contribution in [0.1, 0.15) is 66.4 Å². The predicted octanol–water partition coefficient (Wildman–Crippen LogP) is 3.86. The third-order valence-electron chi connectivity index (χ3n) is 6.18. The average molecular weight is 417 g/mol. The Balaban J connectivity index is 1.59. The van der Waals surface area contributed by atoms with E-state index in [0.29, 0.717) is 24.5 Å². The van der Waals surface area contributed by atoms with Crippen LogP contribution in [0, 0.1) is 11.3 Å². The van der Waals surface area contributed by atoms with Gasteiger partial charge in [-0.1, -0.05) is 53.7 Å². The zero-order valence-corrected chi connectivity index (χ0v) is 19.1. The first-order chi connectivity index (χ1) is 13.8. The Kier molecular flexibility index (Phi) is 5.93. The van der Waals surface area contributed by atoms with Crippen LogP contribution in [0.3, 0.4) is 0 Å². The lowest BCUT2D eigenvalue weighted by atomic mass is 9.64. The van der Waals surface area contributed by atoms with Gasteiger partial charge in [0.05, 0.1) is 6.54 Å². The molecule has 2 N–H and O–H groups in total. The molecule has 2 aliphatic rings. The topological polar surface area (TPSA) is 78.9 Å². The maximum Gasteiger partial charge on any atom is 0.325 e. The van der Waals surface area contributed by atoms with E-state index in [-0.39, 0.29) is 29.9 Å². The summed E-state index contributed by atoms with van der Waals surface area (Å²) in [6.07, 6.45) is 1.34. The summed E-state index contributed by atoms with van der Waals surface area (Å²) in [4.78, 5) is 26.9. The third kappa shape index (κ3) is 4.80. The number of urea groups is 1. The van der Waals surface area contributed by atoms with Crippen LogP contribution in [0.25, 0.3) is 0 Å². The number of hydrogen-bond acceptors (Lipinski definition) is 4. The second kappa shape index (κ2) is 7.88. The van der Waals surface area contributed by atoms with E-state index in [9.17, 15) is 14.7 Å². The molecule has 30 heavy (non-hydrogen) atoms. The van der Waals surface area contributed by atoms with Crippen molar-refractivity contribution in [3.8, 4) is 5.75 Å². The second-order valence-electron chi connectivity index (χ2n) is 11.0. The lowest BCUT2D eigenvalue weighted by molar-refractivity contribution is -0.135. The number of aliphatic hydroxyl groups is 1. The first-order valence-corrected chi connectivity index (χ1v) is 10.9. The second-order valence-corrected chi connectivity index (χ2v) is 11.0. The highest BCUT2D eigenvalue weighted by atomic mass is 16.5. The van der Waals surface area contributed by atoms with Crippen molar-refractivity contribution in [2.24, 2.45) is 11.3 Å². The maximum atomic E-state index is 13.2. The molecule has 3 atom stereocenters. The molecule has 3 rings (SSSR count). The molecule has 1 aliphatic heterocycles. The number of β-amino-alcohol motifs (C(OH)–C–C–N with tert-alkyl or cyclic N) is 1. The normalized spacial score (nSPS) is 27.3. The Hall–Kier alpha value is -2.08. The molecule has 1 spiro atoms. The van der Waals surface area contributed by atoms with E-state index in [2.05, 4.69) is 46.9 Å². The highest BCUT2D eigenvalue weighted by Crippen LogP contribution is 2.46. The number of benzene rings is 1. The largest absolute Gasteiger partial charge is 0.491 e. The molecule has 3 amide bonds. The summed E-state index contributed by atoms with van der Waals surface area (Å²) >= 11 is 0. The Morgan fingerprint density at radius 1 is 1.20 bits per heavy atom. The Morgan fingerprint density at radius 2 is 1.83 bits per heavy atom. The maximum absolute atomic E-state index is 13.2. The van der Waals surface area contributed by atoms with Crippen LogP contribution in [0.5, 0.6) is 5.75 Å². The number of nitrogens with zero attached hydrogens (tertiary/aromatic N) is 1. The summed E-state index contributed by atoms with van der Waals surface area (Å²) in [5, 5.41) is 13.4. The summed E-state index contributed by atoms with van der Waals surface area (Å²) in [6.45, 7) is 12.8. The van der Waals surface area contributed by atoms with Gasteiger partial charge in [0.2, 0.25) is 0 Å². The fraction of sp³-hybridized carbons (Fsp3) is 0.667. The number of amides is 3. The Labute approximate surface area is 180 Å². The van der Waals surface area contributed by atoms with Crippen molar-refractivity contribution in [2.75, 3.05) is 13.2 Å². The van der Waals surface area contributed by atoms with E-state index in [4.69, 9.17) is 4.74 Å². The molecule has 0 radical (unpaired) electrons. The Morgan fingerprint density at radius 3 is 2.40 bits per heavy atom. The fourth-order valence-corrected chi connectivity index (χ4v) is 5.18. The first kappa shape index (κ1) is 22.6. The summed E-state index contributed by atoms with van der Waals surface area (Å²) in [6, 6.07) is 7.35. The smallest absolute Gasteiger partial charge is 0.325 e. The van der Waals surface area contributed by atoms with E-state index in [1.54, 1.807) is 0 Å². The predicted molar refractivity (Wildman–Crippen MR) is 116 cm³/mol. The lowest BCUT2D eigenvalue weighted by Crippen LogP contribution is -2.54. The molecule has 3 unspecified atom stereocenters. The van der Waals surface area contributed by atoms with Crippen molar-refractivity contribution in [2.45, 2.75) is 77.9 Å². The number of rotatable bonds is 5. The van der Waals surface area contributed by atoms with Gasteiger partial charge in [-0.3, -0.25) is 9.69 Å². The van der Waals surface area contributed by atoms with E-state index >= 15 is 0 Å². The molecule has 1 aromatic rings. The molecule has 6 nitrogen and oxygen atoms in total. The van der Waals surface area contributed by atoms with Gasteiger partial charge < -0.3 is 15.2 Å². The summed E-state index contributed by atoms with van der Waals surface area (Å²) in [7, 11) is 0. The summed E-state index contributed by atoms with van der Waals surface area (Å²) in [5.41, 5.74) is 0.395. The van der Waals surface area contributed by atoms with Crippen LogP contribution in [0.2, 0.25) is 0 Å². The quantitative estimate of drug-likeness (QED) is 0.715. The molecule has 166 valence electrons. The van der Waals surface area contributed by atoms with Gasteiger partial charge in [-0.25, -0.2) is 4.79 Å². The van der Waals surface area contributed by atoms with Gasteiger partial charge in [-0.15, -0.1) is 0 Å². The summed E-state index contributed by atoms with van der Waals surface area (Å²) < 4.78 is 5.68. The standard InChI is InChI=1S/C24H36N2O4/c1-16-11-23(5,6)15-24(12-16)20(28)26(21(29)25-24)13-18(27)14-30-19-9-7-17(8-10-19)22(2,3)4/h7-10,16,18,27H,11-15H2,1-6H3,(H,25,29). The lowest BCUT2D eigenvalue weighted by Gasteiger charge is -2.43. The number of aliphatic hydroxyl groups excluding tert-OH is 1. The van der Waals surface area contributed by atoms with Crippen LogP contribution < -0.4 is 10.1 Å². The van der Waals surface area contributed by atoms with Crippen molar-refractivity contribution in [1.82, 2.24) is 10.2 Å². The molecule has 6 heteroatoms. The average Bonchev–Trinajstić information content (AvgIpc) is 2.81. The van der Waals surface area contributed by atoms with E-state index < -0.39 is 17.7 Å². The number of carbonyl (C=O) groups is 2. The molecular weight excluding hydrogens is 380 g/mol. The van der Waals surface area contributed by atoms with E-state index in [1.807, 2.05) is 24.3 Å². The van der Waals surface area contributed by atoms with Gasteiger partial charge in [0, 0.05) is 0 Å². The van der Waals surface area contributed by atoms with Crippen molar-refractivity contribution in [3.05, 3.63) is 29.8 Å². The fourth-order valence-electron chi connectivity index (χ4n) is 5.18. The van der Waals surface area contributed by atoms with Crippen LogP contribution >= 0.6 is 0 Å². The van der Waals surface area contributed by atoms with Gasteiger partial charge in [0.1, 0.15) is 24.0 Å². The van der Waals surface area contributed by atoms with Crippen molar-refractivity contribution < 1.29 is 19.4 Å².